The van der Waals surface area contributed by atoms with Crippen molar-refractivity contribution in [2.24, 2.45) is 0 Å². The highest BCUT2D eigenvalue weighted by Gasteiger charge is 2.35. The molecule has 8 nitrogen and oxygen atoms in total. The SMILES string of the molecule is O=C1S/C(=C\c2cc(Br)ccc2OCc2cccc([N+](=O)[O-])c2)C(=O)N1CCOc1ccccc1. The molecule has 10 heteroatoms. The van der Waals surface area contributed by atoms with Gasteiger partial charge in [-0.15, -0.1) is 0 Å². The molecular weight excluding hydrogens is 536 g/mol. The number of carbonyl (C=O) groups excluding carboxylic acids is 2. The lowest BCUT2D eigenvalue weighted by Crippen LogP contribution is -2.32. The van der Waals surface area contributed by atoms with E-state index >= 15 is 0 Å². The molecule has 3 aromatic rings. The number of ether oxygens (including phenoxy) is 2. The summed E-state index contributed by atoms with van der Waals surface area (Å²) in [7, 11) is 0. The molecule has 0 N–H and O–H groups in total. The molecule has 0 aliphatic carbocycles. The van der Waals surface area contributed by atoms with E-state index in [1.54, 1.807) is 48.5 Å². The van der Waals surface area contributed by atoms with Crippen LogP contribution in [0.5, 0.6) is 11.5 Å². The van der Waals surface area contributed by atoms with E-state index in [2.05, 4.69) is 15.9 Å². The summed E-state index contributed by atoms with van der Waals surface area (Å²) in [5.41, 5.74) is 1.20. The zero-order valence-electron chi connectivity index (χ0n) is 18.3. The van der Waals surface area contributed by atoms with E-state index in [0.717, 1.165) is 21.1 Å². The molecule has 0 saturated carbocycles. The summed E-state index contributed by atoms with van der Waals surface area (Å²) < 4.78 is 12.3. The fourth-order valence-corrected chi connectivity index (χ4v) is 4.52. The van der Waals surface area contributed by atoms with Crippen LogP contribution in [0.25, 0.3) is 6.08 Å². The lowest BCUT2D eigenvalue weighted by molar-refractivity contribution is -0.384. The molecule has 1 aliphatic rings. The highest BCUT2D eigenvalue weighted by Crippen LogP contribution is 2.35. The predicted octanol–water partition coefficient (Wildman–Crippen LogP) is 6.05. The number of non-ortho nitro benzene ring substituents is 1. The lowest BCUT2D eigenvalue weighted by Gasteiger charge is -2.13. The number of amides is 2. The van der Waals surface area contributed by atoms with Crippen molar-refractivity contribution in [3.05, 3.63) is 103 Å². The van der Waals surface area contributed by atoms with Crippen LogP contribution in [-0.2, 0) is 11.4 Å². The Morgan fingerprint density at radius 3 is 2.57 bits per heavy atom. The van der Waals surface area contributed by atoms with Crippen LogP contribution in [-0.4, -0.2) is 34.1 Å². The number of imide groups is 1. The van der Waals surface area contributed by atoms with Crippen molar-refractivity contribution in [3.8, 4) is 11.5 Å². The molecule has 1 saturated heterocycles. The second-order valence-electron chi connectivity index (χ2n) is 7.39. The van der Waals surface area contributed by atoms with Crippen LogP contribution in [0.2, 0.25) is 0 Å². The fraction of sp³-hybridized carbons (Fsp3) is 0.120. The highest BCUT2D eigenvalue weighted by molar-refractivity contribution is 9.10. The normalized spacial score (nSPS) is 14.4. The number of nitro groups is 1. The Hall–Kier alpha value is -3.63. The third-order valence-corrected chi connectivity index (χ3v) is 6.38. The summed E-state index contributed by atoms with van der Waals surface area (Å²) in [6.45, 7) is 0.414. The van der Waals surface area contributed by atoms with Gasteiger partial charge in [0.2, 0.25) is 0 Å². The smallest absolute Gasteiger partial charge is 0.293 e. The van der Waals surface area contributed by atoms with Crippen LogP contribution in [0.15, 0.2) is 82.2 Å². The van der Waals surface area contributed by atoms with E-state index in [0.29, 0.717) is 22.6 Å². The van der Waals surface area contributed by atoms with Gasteiger partial charge < -0.3 is 9.47 Å². The monoisotopic (exact) mass is 554 g/mol. The average molecular weight is 555 g/mol. The number of benzene rings is 3. The molecule has 1 aliphatic heterocycles. The largest absolute Gasteiger partial charge is 0.492 e. The Balaban J connectivity index is 1.46. The molecule has 1 heterocycles. The maximum Gasteiger partial charge on any atom is 0.293 e. The Morgan fingerprint density at radius 1 is 1.00 bits per heavy atom. The summed E-state index contributed by atoms with van der Waals surface area (Å²) in [5, 5.41) is 10.6. The van der Waals surface area contributed by atoms with E-state index in [1.165, 1.54) is 12.1 Å². The molecule has 35 heavy (non-hydrogen) atoms. The van der Waals surface area contributed by atoms with Crippen molar-refractivity contribution in [2.75, 3.05) is 13.2 Å². The number of halogens is 1. The van der Waals surface area contributed by atoms with E-state index in [4.69, 9.17) is 9.47 Å². The first-order valence-corrected chi connectivity index (χ1v) is 12.1. The molecular formula is C25H19BrN2O6S. The van der Waals surface area contributed by atoms with Crippen LogP contribution >= 0.6 is 27.7 Å². The predicted molar refractivity (Wildman–Crippen MR) is 136 cm³/mol. The van der Waals surface area contributed by atoms with Crippen LogP contribution in [0.4, 0.5) is 10.5 Å². The van der Waals surface area contributed by atoms with Crippen molar-refractivity contribution in [1.82, 2.24) is 4.90 Å². The quantitative estimate of drug-likeness (QED) is 0.180. The van der Waals surface area contributed by atoms with Gasteiger partial charge >= 0.3 is 0 Å². The second-order valence-corrected chi connectivity index (χ2v) is 9.30. The minimum atomic E-state index is -0.463. The molecule has 178 valence electrons. The van der Waals surface area contributed by atoms with Gasteiger partial charge in [0.1, 0.15) is 24.7 Å². The summed E-state index contributed by atoms with van der Waals surface area (Å²) >= 11 is 4.27. The van der Waals surface area contributed by atoms with Gasteiger partial charge in [-0.25, -0.2) is 0 Å². The Kier molecular flexibility index (Phi) is 7.84. The van der Waals surface area contributed by atoms with Crippen molar-refractivity contribution in [1.29, 1.82) is 0 Å². The van der Waals surface area contributed by atoms with Gasteiger partial charge in [-0.3, -0.25) is 24.6 Å². The van der Waals surface area contributed by atoms with Crippen molar-refractivity contribution in [2.45, 2.75) is 6.61 Å². The third-order valence-electron chi connectivity index (χ3n) is 4.97. The molecule has 0 aromatic heterocycles. The first kappa shape index (κ1) is 24.5. The standard InChI is InChI=1S/C25H19BrN2O6S/c26-19-9-10-22(34-16-17-5-4-6-20(13-17)28(31)32)18(14-19)15-23-24(29)27(25(30)35-23)11-12-33-21-7-2-1-3-8-21/h1-10,13-15H,11-12,16H2/b23-15-. The maximum atomic E-state index is 12.9. The molecule has 2 amide bonds. The minimum Gasteiger partial charge on any atom is -0.492 e. The number of hydrogen-bond acceptors (Lipinski definition) is 7. The number of hydrogen-bond donors (Lipinski definition) is 0. The first-order chi connectivity index (χ1) is 16.9. The number of para-hydroxylation sites is 1. The summed E-state index contributed by atoms with van der Waals surface area (Å²) in [6, 6.07) is 20.6. The van der Waals surface area contributed by atoms with Crippen molar-refractivity contribution < 1.29 is 24.0 Å². The number of thioether (sulfide) groups is 1. The van der Waals surface area contributed by atoms with Gasteiger partial charge in [0.25, 0.3) is 16.8 Å². The summed E-state index contributed by atoms with van der Waals surface area (Å²) in [5.74, 6) is 0.731. The zero-order valence-corrected chi connectivity index (χ0v) is 20.7. The Morgan fingerprint density at radius 2 is 1.80 bits per heavy atom. The van der Waals surface area contributed by atoms with E-state index in [9.17, 15) is 19.7 Å². The summed E-state index contributed by atoms with van der Waals surface area (Å²) in [6.07, 6.45) is 1.61. The molecule has 0 bridgehead atoms. The summed E-state index contributed by atoms with van der Waals surface area (Å²) in [4.78, 5) is 37.3. The van der Waals surface area contributed by atoms with Gasteiger partial charge in [-0.1, -0.05) is 46.3 Å². The third kappa shape index (κ3) is 6.28. The van der Waals surface area contributed by atoms with E-state index in [1.807, 2.05) is 18.2 Å². The van der Waals surface area contributed by atoms with Gasteiger partial charge in [0.05, 0.1) is 16.4 Å². The molecule has 0 spiro atoms. The first-order valence-electron chi connectivity index (χ1n) is 10.5. The minimum absolute atomic E-state index is 0.0213. The van der Waals surface area contributed by atoms with Crippen LogP contribution in [0.3, 0.4) is 0 Å². The highest BCUT2D eigenvalue weighted by atomic mass is 79.9. The molecule has 1 fully saturated rings. The Labute approximate surface area is 213 Å². The average Bonchev–Trinajstić information content (AvgIpc) is 3.11. The van der Waals surface area contributed by atoms with Crippen molar-refractivity contribution in [3.63, 3.8) is 0 Å². The lowest BCUT2D eigenvalue weighted by atomic mass is 10.1. The van der Waals surface area contributed by atoms with Gasteiger partial charge in [0.15, 0.2) is 0 Å². The van der Waals surface area contributed by atoms with Gasteiger partial charge in [-0.05, 0) is 53.7 Å². The van der Waals surface area contributed by atoms with Gasteiger partial charge in [-0.2, -0.15) is 0 Å². The Bertz CT molecular complexity index is 1300. The van der Waals surface area contributed by atoms with E-state index in [-0.39, 0.29) is 35.6 Å². The number of nitro benzene ring substituents is 1. The van der Waals surface area contributed by atoms with Crippen LogP contribution in [0.1, 0.15) is 11.1 Å². The van der Waals surface area contributed by atoms with Crippen molar-refractivity contribution >= 4 is 50.6 Å². The number of carbonyl (C=O) groups is 2. The second kappa shape index (κ2) is 11.2. The fourth-order valence-electron chi connectivity index (χ4n) is 3.29. The van der Waals surface area contributed by atoms with Crippen LogP contribution < -0.4 is 9.47 Å². The molecule has 0 atom stereocenters. The number of rotatable bonds is 9. The van der Waals surface area contributed by atoms with Crippen LogP contribution in [0, 0.1) is 10.1 Å². The van der Waals surface area contributed by atoms with E-state index < -0.39 is 10.8 Å². The topological polar surface area (TPSA) is 99.0 Å². The molecule has 3 aromatic carbocycles. The number of nitrogens with zero attached hydrogens (tertiary/aromatic N) is 2. The zero-order chi connectivity index (χ0) is 24.8. The molecule has 4 rings (SSSR count). The maximum absolute atomic E-state index is 12.9. The molecule has 0 unspecified atom stereocenters. The molecule has 0 radical (unpaired) electrons. The van der Waals surface area contributed by atoms with Gasteiger partial charge in [0, 0.05) is 22.2 Å².